The molecule has 1 aromatic heterocycles. The number of azo groups is 1. The van der Waals surface area contributed by atoms with Gasteiger partial charge >= 0.3 is 5.97 Å². The number of hydrogen-bond donors (Lipinski definition) is 0. The summed E-state index contributed by atoms with van der Waals surface area (Å²) in [6, 6.07) is 16.2. The van der Waals surface area contributed by atoms with Gasteiger partial charge in [-0.15, -0.1) is 21.6 Å². The zero-order valence-corrected chi connectivity index (χ0v) is 21.3. The Hall–Kier alpha value is -3.87. The fourth-order valence-electron chi connectivity index (χ4n) is 3.33. The van der Waals surface area contributed by atoms with Crippen LogP contribution in [-0.4, -0.2) is 37.7 Å². The number of esters is 1. The summed E-state index contributed by atoms with van der Waals surface area (Å²) in [7, 11) is 0. The SMILES string of the molecule is CCN(CCC(=O)OCC(=O)c1ccccc1)c1ccc(N=Nc2sc(C=O)c(Cl)c2C#N)c(C)c1. The quantitative estimate of drug-likeness (QED) is 0.124. The van der Waals surface area contributed by atoms with Crippen LogP contribution >= 0.6 is 22.9 Å². The Morgan fingerprint density at radius 2 is 1.94 bits per heavy atom. The first-order valence-electron chi connectivity index (χ1n) is 11.1. The van der Waals surface area contributed by atoms with Gasteiger partial charge in [0.25, 0.3) is 0 Å². The minimum Gasteiger partial charge on any atom is -0.457 e. The molecule has 10 heteroatoms. The molecule has 0 aliphatic rings. The lowest BCUT2D eigenvalue weighted by molar-refractivity contribution is -0.142. The first kappa shape index (κ1) is 26.7. The van der Waals surface area contributed by atoms with E-state index < -0.39 is 5.97 Å². The van der Waals surface area contributed by atoms with E-state index in [0.29, 0.717) is 30.6 Å². The fourth-order valence-corrected chi connectivity index (χ4v) is 4.46. The number of aryl methyl sites for hydroxylation is 1. The Kier molecular flexibility index (Phi) is 9.45. The van der Waals surface area contributed by atoms with E-state index in [9.17, 15) is 19.6 Å². The minimum atomic E-state index is -0.447. The number of ketones is 1. The third-order valence-electron chi connectivity index (χ3n) is 5.30. The summed E-state index contributed by atoms with van der Waals surface area (Å²) in [5.74, 6) is -0.691. The van der Waals surface area contributed by atoms with Crippen LogP contribution in [0.5, 0.6) is 0 Å². The molecule has 3 rings (SSSR count). The number of carbonyl (C=O) groups excluding carboxylic acids is 3. The Balaban J connectivity index is 1.61. The van der Waals surface area contributed by atoms with E-state index in [1.54, 1.807) is 30.3 Å². The van der Waals surface area contributed by atoms with Crippen LogP contribution in [0.25, 0.3) is 0 Å². The molecule has 0 N–H and O–H groups in total. The largest absolute Gasteiger partial charge is 0.457 e. The first-order valence-corrected chi connectivity index (χ1v) is 12.3. The molecule has 184 valence electrons. The number of Topliss-reactive ketones (excluding diaryl/α,β-unsaturated/α-hetero) is 1. The maximum atomic E-state index is 12.2. The lowest BCUT2D eigenvalue weighted by Crippen LogP contribution is -2.27. The number of anilines is 1. The predicted molar refractivity (Wildman–Crippen MR) is 139 cm³/mol. The van der Waals surface area contributed by atoms with Gasteiger partial charge < -0.3 is 9.64 Å². The lowest BCUT2D eigenvalue weighted by Gasteiger charge is -2.23. The summed E-state index contributed by atoms with van der Waals surface area (Å²) in [5, 5.41) is 18.0. The molecule has 0 amide bonds. The third kappa shape index (κ3) is 6.62. The molecule has 0 spiro atoms. The average Bonchev–Trinajstić information content (AvgIpc) is 3.21. The van der Waals surface area contributed by atoms with Crippen molar-refractivity contribution in [3.05, 3.63) is 75.1 Å². The molecule has 0 saturated heterocycles. The van der Waals surface area contributed by atoms with Gasteiger partial charge in [-0.1, -0.05) is 41.9 Å². The predicted octanol–water partition coefficient (Wildman–Crippen LogP) is 6.45. The molecular weight excluding hydrogens is 500 g/mol. The monoisotopic (exact) mass is 522 g/mol. The van der Waals surface area contributed by atoms with Gasteiger partial charge in [0.05, 0.1) is 22.0 Å². The summed E-state index contributed by atoms with van der Waals surface area (Å²) >= 11 is 7.03. The molecule has 36 heavy (non-hydrogen) atoms. The van der Waals surface area contributed by atoms with E-state index in [-0.39, 0.29) is 39.3 Å². The molecule has 0 aliphatic carbocycles. The summed E-state index contributed by atoms with van der Waals surface area (Å²) in [5.41, 5.74) is 2.94. The minimum absolute atomic E-state index is 0.0834. The average molecular weight is 523 g/mol. The second-order valence-corrected chi connectivity index (χ2v) is 9.05. The van der Waals surface area contributed by atoms with E-state index in [4.69, 9.17) is 16.3 Å². The van der Waals surface area contributed by atoms with Gasteiger partial charge in [0, 0.05) is 24.3 Å². The maximum absolute atomic E-state index is 12.2. The third-order valence-corrected chi connectivity index (χ3v) is 6.80. The van der Waals surface area contributed by atoms with Gasteiger partial charge in [-0.3, -0.25) is 14.4 Å². The Morgan fingerprint density at radius 3 is 2.58 bits per heavy atom. The van der Waals surface area contributed by atoms with Crippen molar-refractivity contribution in [1.29, 1.82) is 5.26 Å². The van der Waals surface area contributed by atoms with Crippen molar-refractivity contribution in [1.82, 2.24) is 0 Å². The summed E-state index contributed by atoms with van der Waals surface area (Å²) in [6.07, 6.45) is 0.717. The van der Waals surface area contributed by atoms with Crippen molar-refractivity contribution in [3.8, 4) is 6.07 Å². The van der Waals surface area contributed by atoms with Crippen molar-refractivity contribution < 1.29 is 19.1 Å². The van der Waals surface area contributed by atoms with Gasteiger partial charge in [-0.2, -0.15) is 5.26 Å². The molecule has 0 atom stereocenters. The highest BCUT2D eigenvalue weighted by Crippen LogP contribution is 2.38. The highest BCUT2D eigenvalue weighted by molar-refractivity contribution is 7.18. The molecule has 8 nitrogen and oxygen atoms in total. The van der Waals surface area contributed by atoms with Crippen LogP contribution in [0, 0.1) is 18.3 Å². The van der Waals surface area contributed by atoms with E-state index in [1.807, 2.05) is 43.0 Å². The van der Waals surface area contributed by atoms with Gasteiger partial charge in [0.15, 0.2) is 23.7 Å². The van der Waals surface area contributed by atoms with Crippen molar-refractivity contribution in [2.45, 2.75) is 20.3 Å². The fraction of sp³-hybridized carbons (Fsp3) is 0.231. The number of ether oxygens (including phenoxy) is 1. The number of halogens is 1. The Labute approximate surface area is 217 Å². The maximum Gasteiger partial charge on any atom is 0.308 e. The van der Waals surface area contributed by atoms with Crippen LogP contribution in [0.3, 0.4) is 0 Å². The Morgan fingerprint density at radius 1 is 1.19 bits per heavy atom. The molecular formula is C26H23ClN4O4S. The number of nitriles is 1. The van der Waals surface area contributed by atoms with Crippen LogP contribution in [0.4, 0.5) is 16.4 Å². The normalized spacial score (nSPS) is 10.7. The summed E-state index contributed by atoms with van der Waals surface area (Å²) in [6.45, 7) is 4.64. The van der Waals surface area contributed by atoms with Gasteiger partial charge in [-0.25, -0.2) is 0 Å². The van der Waals surface area contributed by atoms with Crippen molar-refractivity contribution in [3.63, 3.8) is 0 Å². The molecule has 0 saturated carbocycles. The number of hydrogen-bond acceptors (Lipinski definition) is 9. The van der Waals surface area contributed by atoms with E-state index in [1.165, 1.54) is 0 Å². The molecule has 2 aromatic carbocycles. The van der Waals surface area contributed by atoms with E-state index >= 15 is 0 Å². The highest BCUT2D eigenvalue weighted by atomic mass is 35.5. The zero-order valence-electron chi connectivity index (χ0n) is 19.7. The van der Waals surface area contributed by atoms with Crippen molar-refractivity contribution in [2.24, 2.45) is 10.2 Å². The Bertz CT molecular complexity index is 1330. The topological polar surface area (TPSA) is 112 Å². The van der Waals surface area contributed by atoms with E-state index in [0.717, 1.165) is 22.6 Å². The van der Waals surface area contributed by atoms with Gasteiger partial charge in [-0.05, 0) is 37.6 Å². The van der Waals surface area contributed by atoms with Gasteiger partial charge in [0.1, 0.15) is 11.6 Å². The van der Waals surface area contributed by atoms with Crippen LogP contribution < -0.4 is 4.90 Å². The molecule has 0 unspecified atom stereocenters. The van der Waals surface area contributed by atoms with Crippen molar-refractivity contribution in [2.75, 3.05) is 24.6 Å². The number of thiophene rings is 1. The van der Waals surface area contributed by atoms with Crippen LogP contribution in [-0.2, 0) is 9.53 Å². The number of nitrogens with zero attached hydrogens (tertiary/aromatic N) is 4. The summed E-state index contributed by atoms with van der Waals surface area (Å²) in [4.78, 5) is 37.6. The zero-order chi connectivity index (χ0) is 26.1. The number of aldehydes is 1. The van der Waals surface area contributed by atoms with Crippen LogP contribution in [0.1, 0.15) is 44.5 Å². The highest BCUT2D eigenvalue weighted by Gasteiger charge is 2.16. The van der Waals surface area contributed by atoms with Crippen LogP contribution in [0.15, 0.2) is 58.8 Å². The second kappa shape index (κ2) is 12.7. The van der Waals surface area contributed by atoms with Gasteiger partial charge in [0.2, 0.25) is 0 Å². The first-order chi connectivity index (χ1) is 17.4. The molecule has 0 fully saturated rings. The number of benzene rings is 2. The summed E-state index contributed by atoms with van der Waals surface area (Å²) < 4.78 is 5.15. The second-order valence-electron chi connectivity index (χ2n) is 7.64. The lowest BCUT2D eigenvalue weighted by atomic mass is 10.1. The number of carbonyl (C=O) groups is 3. The standard InChI is InChI=1S/C26H23ClN4O4S/c1-3-31(12-11-24(34)35-16-22(33)18-7-5-4-6-8-18)19-9-10-21(17(2)13-19)29-30-26-20(14-28)25(27)23(15-32)36-26/h4-10,13,15H,3,11-12,16H2,1-2H3. The molecule has 0 bridgehead atoms. The van der Waals surface area contributed by atoms with Crippen molar-refractivity contribution >= 4 is 57.4 Å². The van der Waals surface area contributed by atoms with E-state index in [2.05, 4.69) is 10.2 Å². The molecule has 0 radical (unpaired) electrons. The van der Waals surface area contributed by atoms with Crippen LogP contribution in [0.2, 0.25) is 5.02 Å². The molecule has 1 heterocycles. The molecule has 3 aromatic rings. The molecule has 0 aliphatic heterocycles. The smallest absolute Gasteiger partial charge is 0.308 e. The number of rotatable bonds is 11.